The monoisotopic (exact) mass is 406 g/mol. The highest BCUT2D eigenvalue weighted by atomic mass is 16.5. The van der Waals surface area contributed by atoms with Gasteiger partial charge >= 0.3 is 0 Å². The molecule has 156 valence electrons. The van der Waals surface area contributed by atoms with Gasteiger partial charge in [0.15, 0.2) is 11.6 Å². The van der Waals surface area contributed by atoms with Crippen LogP contribution in [0.4, 0.5) is 0 Å². The van der Waals surface area contributed by atoms with Crippen molar-refractivity contribution >= 4 is 17.6 Å². The van der Waals surface area contributed by atoms with Crippen molar-refractivity contribution in [2.45, 2.75) is 46.1 Å². The van der Waals surface area contributed by atoms with Crippen LogP contribution in [0.2, 0.25) is 0 Å². The van der Waals surface area contributed by atoms with E-state index in [4.69, 9.17) is 4.74 Å². The molecule has 0 aliphatic carbocycles. The van der Waals surface area contributed by atoms with Crippen molar-refractivity contribution in [3.63, 3.8) is 0 Å². The van der Waals surface area contributed by atoms with Crippen molar-refractivity contribution in [3.8, 4) is 17.2 Å². The molecule has 2 aromatic rings. The summed E-state index contributed by atoms with van der Waals surface area (Å²) in [5, 5.41) is 20.3. The average Bonchev–Trinajstić information content (AvgIpc) is 2.65. The Morgan fingerprint density at radius 1 is 1.03 bits per heavy atom. The van der Waals surface area contributed by atoms with E-state index in [1.807, 2.05) is 45.9 Å². The van der Waals surface area contributed by atoms with Crippen LogP contribution < -0.4 is 4.74 Å². The Balaban J connectivity index is 1.81. The van der Waals surface area contributed by atoms with Crippen molar-refractivity contribution in [3.05, 3.63) is 70.3 Å². The van der Waals surface area contributed by atoms with Crippen molar-refractivity contribution in [2.75, 3.05) is 0 Å². The van der Waals surface area contributed by atoms with Gasteiger partial charge in [-0.25, -0.2) is 0 Å². The van der Waals surface area contributed by atoms with Gasteiger partial charge in [0.05, 0.1) is 12.0 Å². The molecule has 2 aromatic carbocycles. The van der Waals surface area contributed by atoms with Gasteiger partial charge in [-0.05, 0) is 70.0 Å². The number of carbonyl (C=O) groups excluding carboxylic acids is 2. The van der Waals surface area contributed by atoms with Crippen LogP contribution in [0.15, 0.2) is 48.1 Å². The quantitative estimate of drug-likeness (QED) is 0.389. The Labute approximate surface area is 176 Å². The summed E-state index contributed by atoms with van der Waals surface area (Å²) in [6.07, 6.45) is 5.78. The average molecular weight is 406 g/mol. The number of carbonyl (C=O) groups is 2. The van der Waals surface area contributed by atoms with Gasteiger partial charge in [0.1, 0.15) is 22.8 Å². The lowest BCUT2D eigenvalue weighted by atomic mass is 9.95. The van der Waals surface area contributed by atoms with E-state index >= 15 is 0 Å². The van der Waals surface area contributed by atoms with Crippen LogP contribution in [-0.2, 0) is 6.42 Å². The molecule has 30 heavy (non-hydrogen) atoms. The van der Waals surface area contributed by atoms with Crippen molar-refractivity contribution < 1.29 is 24.5 Å². The van der Waals surface area contributed by atoms with Gasteiger partial charge in [0.25, 0.3) is 0 Å². The number of ether oxygens (including phenoxy) is 1. The molecule has 0 saturated heterocycles. The third-order valence-corrected chi connectivity index (χ3v) is 4.92. The summed E-state index contributed by atoms with van der Waals surface area (Å²) in [6, 6.07) is 7.53. The molecule has 0 aromatic heterocycles. The van der Waals surface area contributed by atoms with E-state index in [1.54, 1.807) is 12.1 Å². The summed E-state index contributed by atoms with van der Waals surface area (Å²) >= 11 is 0. The Morgan fingerprint density at radius 2 is 1.77 bits per heavy atom. The molecule has 0 spiro atoms. The molecule has 3 rings (SSSR count). The maximum atomic E-state index is 12.7. The van der Waals surface area contributed by atoms with Crippen LogP contribution in [-0.4, -0.2) is 27.4 Å². The standard InChI is InChI=1S/C25H26O5/c1-15(2)5-6-16-11-17(7-8-20(16)26)21(27)13-22(28)19-12-18-9-10-25(3,4)30-24(18)14-23(19)29/h5,7-12,14,26,29H,6,13H2,1-4H3. The molecule has 0 amide bonds. The first-order valence-electron chi connectivity index (χ1n) is 9.82. The van der Waals surface area contributed by atoms with Gasteiger partial charge in [-0.15, -0.1) is 0 Å². The zero-order chi connectivity index (χ0) is 22.1. The number of fused-ring (bicyclic) bond motifs is 1. The van der Waals surface area contributed by atoms with Crippen LogP contribution in [0.25, 0.3) is 6.08 Å². The highest BCUT2D eigenvalue weighted by molar-refractivity contribution is 6.14. The van der Waals surface area contributed by atoms with Gasteiger partial charge in [0, 0.05) is 17.2 Å². The lowest BCUT2D eigenvalue weighted by molar-refractivity contribution is 0.0893. The number of hydrogen-bond donors (Lipinski definition) is 2. The molecular formula is C25H26O5. The van der Waals surface area contributed by atoms with Gasteiger partial charge in [0.2, 0.25) is 0 Å². The number of benzene rings is 2. The molecule has 0 unspecified atom stereocenters. The Morgan fingerprint density at radius 3 is 2.47 bits per heavy atom. The van der Waals surface area contributed by atoms with E-state index < -0.39 is 11.4 Å². The summed E-state index contributed by atoms with van der Waals surface area (Å²) < 4.78 is 5.80. The third kappa shape index (κ3) is 4.79. The normalized spacial score (nSPS) is 13.9. The van der Waals surface area contributed by atoms with Crippen molar-refractivity contribution in [2.24, 2.45) is 0 Å². The molecule has 0 bridgehead atoms. The highest BCUT2D eigenvalue weighted by Crippen LogP contribution is 2.36. The third-order valence-electron chi connectivity index (χ3n) is 4.92. The summed E-state index contributed by atoms with van der Waals surface area (Å²) in [5.74, 6) is -0.462. The van der Waals surface area contributed by atoms with Crippen LogP contribution in [0.5, 0.6) is 17.2 Å². The maximum Gasteiger partial charge on any atom is 0.174 e. The number of Topliss-reactive ketones (excluding diaryl/α,β-unsaturated/α-hetero) is 2. The van der Waals surface area contributed by atoms with Crippen molar-refractivity contribution in [1.29, 1.82) is 0 Å². The fourth-order valence-electron chi connectivity index (χ4n) is 3.22. The Bertz CT molecular complexity index is 1070. The molecule has 0 saturated carbocycles. The number of hydrogen-bond acceptors (Lipinski definition) is 5. The predicted octanol–water partition coefficient (Wildman–Crippen LogP) is 5.25. The largest absolute Gasteiger partial charge is 0.508 e. The minimum Gasteiger partial charge on any atom is -0.508 e. The first kappa shape index (κ1) is 21.4. The van der Waals surface area contributed by atoms with Crippen LogP contribution in [0.1, 0.15) is 66.0 Å². The second-order valence-corrected chi connectivity index (χ2v) is 8.30. The summed E-state index contributed by atoms with van der Waals surface area (Å²) in [7, 11) is 0. The molecule has 0 radical (unpaired) electrons. The molecule has 5 heteroatoms. The smallest absolute Gasteiger partial charge is 0.174 e. The molecule has 1 aliphatic rings. The Hall–Kier alpha value is -3.34. The zero-order valence-corrected chi connectivity index (χ0v) is 17.7. The predicted molar refractivity (Wildman–Crippen MR) is 116 cm³/mol. The number of phenols is 2. The van der Waals surface area contributed by atoms with E-state index in [-0.39, 0.29) is 29.3 Å². The van der Waals surface area contributed by atoms with Gasteiger partial charge in [-0.3, -0.25) is 9.59 Å². The van der Waals surface area contributed by atoms with Crippen LogP contribution in [0.3, 0.4) is 0 Å². The molecular weight excluding hydrogens is 380 g/mol. The molecule has 1 aliphatic heterocycles. The highest BCUT2D eigenvalue weighted by Gasteiger charge is 2.25. The fraction of sp³-hybridized carbons (Fsp3) is 0.280. The molecule has 1 heterocycles. The van der Waals surface area contributed by atoms with Crippen LogP contribution >= 0.6 is 0 Å². The van der Waals surface area contributed by atoms with E-state index in [9.17, 15) is 19.8 Å². The first-order valence-corrected chi connectivity index (χ1v) is 9.82. The molecule has 0 atom stereocenters. The van der Waals surface area contributed by atoms with Crippen LogP contribution in [0, 0.1) is 0 Å². The number of ketones is 2. The minimum atomic E-state index is -0.497. The van der Waals surface area contributed by atoms with Gasteiger partial charge in [-0.1, -0.05) is 17.7 Å². The fourth-order valence-corrected chi connectivity index (χ4v) is 3.22. The van der Waals surface area contributed by atoms with Gasteiger partial charge < -0.3 is 14.9 Å². The lowest BCUT2D eigenvalue weighted by Crippen LogP contribution is -2.27. The minimum absolute atomic E-state index is 0.0820. The van der Waals surface area contributed by atoms with E-state index in [0.717, 1.165) is 5.57 Å². The zero-order valence-electron chi connectivity index (χ0n) is 17.7. The summed E-state index contributed by atoms with van der Waals surface area (Å²) in [5.41, 5.74) is 2.33. The number of aromatic hydroxyl groups is 2. The first-order chi connectivity index (χ1) is 14.1. The second-order valence-electron chi connectivity index (χ2n) is 8.30. The summed E-state index contributed by atoms with van der Waals surface area (Å²) in [6.45, 7) is 7.70. The molecule has 5 nitrogen and oxygen atoms in total. The van der Waals surface area contributed by atoms with Crippen molar-refractivity contribution in [1.82, 2.24) is 0 Å². The number of allylic oxidation sites excluding steroid dienone is 2. The molecule has 0 fully saturated rings. The number of rotatable bonds is 6. The van der Waals surface area contributed by atoms with E-state index in [1.165, 1.54) is 18.2 Å². The van der Waals surface area contributed by atoms with E-state index in [2.05, 4.69) is 0 Å². The van der Waals surface area contributed by atoms with Gasteiger partial charge in [-0.2, -0.15) is 0 Å². The molecule has 2 N–H and O–H groups in total. The topological polar surface area (TPSA) is 83.8 Å². The number of phenolic OH excluding ortho intramolecular Hbond substituents is 2. The lowest BCUT2D eigenvalue weighted by Gasteiger charge is -2.28. The SMILES string of the molecule is CC(C)=CCc1cc(C(=O)CC(=O)c2cc3c(cc2O)OC(C)(C)C=C3)ccc1O. The summed E-state index contributed by atoms with van der Waals surface area (Å²) in [4.78, 5) is 25.4. The Kier molecular flexibility index (Phi) is 5.83. The maximum absolute atomic E-state index is 12.7. The van der Waals surface area contributed by atoms with E-state index in [0.29, 0.717) is 28.9 Å². The second kappa shape index (κ2) is 8.19.